The molecule has 0 saturated carbocycles. The molecule has 0 bridgehead atoms. The van der Waals surface area contributed by atoms with Crippen molar-refractivity contribution < 1.29 is 24.8 Å². The lowest BCUT2D eigenvalue weighted by Gasteiger charge is -2.07. The number of fused-ring (bicyclic) bond motifs is 1. The highest BCUT2D eigenvalue weighted by atomic mass is 16.3. The molecule has 1 aromatic heterocycles. The molecule has 0 aliphatic rings. The second kappa shape index (κ2) is 4.45. The first kappa shape index (κ1) is 12.9. The van der Waals surface area contributed by atoms with Crippen LogP contribution in [0.25, 0.3) is 22.3 Å². The summed E-state index contributed by atoms with van der Waals surface area (Å²) in [4.78, 5) is 12.0. The lowest BCUT2D eigenvalue weighted by molar-refractivity contribution is 0.368. The summed E-state index contributed by atoms with van der Waals surface area (Å²) in [6, 6.07) is 7.85. The molecule has 0 aliphatic carbocycles. The Bertz CT molecular complexity index is 887. The SMILES string of the molecule is O=c1cc(-c2cc(O)c(O)c(O)c2)oc2cccc(O)c12. The summed E-state index contributed by atoms with van der Waals surface area (Å²) in [6.07, 6.45) is 0. The smallest absolute Gasteiger partial charge is 0.200 e. The van der Waals surface area contributed by atoms with E-state index in [0.29, 0.717) is 0 Å². The zero-order valence-corrected chi connectivity index (χ0v) is 10.6. The molecular formula is C15H10O6. The van der Waals surface area contributed by atoms with Gasteiger partial charge in [0, 0.05) is 11.6 Å². The molecule has 21 heavy (non-hydrogen) atoms. The molecule has 3 rings (SSSR count). The predicted molar refractivity (Wildman–Crippen MR) is 74.6 cm³/mol. The monoisotopic (exact) mass is 286 g/mol. The summed E-state index contributed by atoms with van der Waals surface area (Å²) in [5, 5.41) is 38.0. The molecule has 0 atom stereocenters. The van der Waals surface area contributed by atoms with Gasteiger partial charge >= 0.3 is 0 Å². The fourth-order valence-electron chi connectivity index (χ4n) is 2.08. The maximum atomic E-state index is 12.0. The lowest BCUT2D eigenvalue weighted by Crippen LogP contribution is -2.00. The van der Waals surface area contributed by atoms with Gasteiger partial charge in [0.2, 0.25) is 0 Å². The molecule has 0 aliphatic heterocycles. The first-order valence-electron chi connectivity index (χ1n) is 5.98. The molecule has 106 valence electrons. The molecule has 0 radical (unpaired) electrons. The second-order valence-corrected chi connectivity index (χ2v) is 4.49. The van der Waals surface area contributed by atoms with Gasteiger partial charge in [0.15, 0.2) is 22.7 Å². The van der Waals surface area contributed by atoms with Crippen molar-refractivity contribution in [2.24, 2.45) is 0 Å². The van der Waals surface area contributed by atoms with Crippen molar-refractivity contribution >= 4 is 11.0 Å². The van der Waals surface area contributed by atoms with Crippen molar-refractivity contribution in [3.63, 3.8) is 0 Å². The summed E-state index contributed by atoms with van der Waals surface area (Å²) in [7, 11) is 0. The van der Waals surface area contributed by atoms with E-state index in [1.165, 1.54) is 18.2 Å². The van der Waals surface area contributed by atoms with Gasteiger partial charge in [0.1, 0.15) is 22.5 Å². The van der Waals surface area contributed by atoms with E-state index in [9.17, 15) is 25.2 Å². The molecule has 1 heterocycles. The van der Waals surface area contributed by atoms with Crippen LogP contribution in [0, 0.1) is 0 Å². The van der Waals surface area contributed by atoms with Crippen LogP contribution in [0.15, 0.2) is 45.6 Å². The number of aromatic hydroxyl groups is 4. The minimum absolute atomic E-state index is 0.0495. The summed E-state index contributed by atoms with van der Waals surface area (Å²) >= 11 is 0. The van der Waals surface area contributed by atoms with E-state index in [-0.39, 0.29) is 28.0 Å². The first-order valence-corrected chi connectivity index (χ1v) is 5.98. The Balaban J connectivity index is 2.30. The normalized spacial score (nSPS) is 10.9. The molecule has 6 heteroatoms. The molecular weight excluding hydrogens is 276 g/mol. The van der Waals surface area contributed by atoms with E-state index >= 15 is 0 Å². The van der Waals surface area contributed by atoms with Crippen molar-refractivity contribution in [2.45, 2.75) is 0 Å². The molecule has 0 fully saturated rings. The number of benzene rings is 2. The summed E-state index contributed by atoms with van der Waals surface area (Å²) < 4.78 is 5.50. The third-order valence-corrected chi connectivity index (χ3v) is 3.09. The largest absolute Gasteiger partial charge is 0.507 e. The summed E-state index contributed by atoms with van der Waals surface area (Å²) in [5.74, 6) is -1.83. The minimum atomic E-state index is -0.653. The zero-order chi connectivity index (χ0) is 15.1. The molecule has 0 saturated heterocycles. The van der Waals surface area contributed by atoms with Crippen LogP contribution >= 0.6 is 0 Å². The number of rotatable bonds is 1. The van der Waals surface area contributed by atoms with Crippen molar-refractivity contribution in [3.05, 3.63) is 46.6 Å². The van der Waals surface area contributed by atoms with E-state index in [2.05, 4.69) is 0 Å². The molecule has 0 spiro atoms. The standard InChI is InChI=1S/C15H10O6/c16-8-2-1-3-12-14(8)9(17)6-13(21-12)7-4-10(18)15(20)11(19)5-7/h1-6,16,18-20H. The highest BCUT2D eigenvalue weighted by molar-refractivity contribution is 5.84. The van der Waals surface area contributed by atoms with E-state index in [1.54, 1.807) is 0 Å². The van der Waals surface area contributed by atoms with Crippen molar-refractivity contribution in [3.8, 4) is 34.3 Å². The highest BCUT2D eigenvalue weighted by Gasteiger charge is 2.14. The van der Waals surface area contributed by atoms with E-state index < -0.39 is 22.7 Å². The van der Waals surface area contributed by atoms with Crippen molar-refractivity contribution in [1.29, 1.82) is 0 Å². The van der Waals surface area contributed by atoms with Crippen LogP contribution in [0.3, 0.4) is 0 Å². The van der Waals surface area contributed by atoms with Gasteiger partial charge in [-0.05, 0) is 24.3 Å². The Kier molecular flexibility index (Phi) is 2.72. The lowest BCUT2D eigenvalue weighted by atomic mass is 10.1. The number of hydrogen-bond acceptors (Lipinski definition) is 6. The van der Waals surface area contributed by atoms with Gasteiger partial charge in [-0.2, -0.15) is 0 Å². The van der Waals surface area contributed by atoms with Crippen LogP contribution in [0.4, 0.5) is 0 Å². The van der Waals surface area contributed by atoms with Gasteiger partial charge in [-0.15, -0.1) is 0 Å². The van der Waals surface area contributed by atoms with Gasteiger partial charge in [0.05, 0.1) is 0 Å². The van der Waals surface area contributed by atoms with Crippen LogP contribution in [-0.4, -0.2) is 20.4 Å². The Hall–Kier alpha value is -3.15. The minimum Gasteiger partial charge on any atom is -0.507 e. The van der Waals surface area contributed by atoms with Crippen LogP contribution < -0.4 is 5.43 Å². The maximum Gasteiger partial charge on any atom is 0.200 e. The fourth-order valence-corrected chi connectivity index (χ4v) is 2.08. The van der Waals surface area contributed by atoms with Crippen molar-refractivity contribution in [1.82, 2.24) is 0 Å². The number of phenols is 4. The zero-order valence-electron chi connectivity index (χ0n) is 10.6. The Morgan fingerprint density at radius 3 is 2.19 bits per heavy atom. The molecule has 3 aromatic rings. The van der Waals surface area contributed by atoms with Crippen LogP contribution in [-0.2, 0) is 0 Å². The molecule has 2 aromatic carbocycles. The third kappa shape index (κ3) is 2.02. The summed E-state index contributed by atoms with van der Waals surface area (Å²) in [5.41, 5.74) is -0.0777. The van der Waals surface area contributed by atoms with Crippen LogP contribution in [0.5, 0.6) is 23.0 Å². The maximum absolute atomic E-state index is 12.0. The Morgan fingerprint density at radius 1 is 0.857 bits per heavy atom. The first-order chi connectivity index (χ1) is 9.97. The van der Waals surface area contributed by atoms with Crippen molar-refractivity contribution in [2.75, 3.05) is 0 Å². The average molecular weight is 286 g/mol. The highest BCUT2D eigenvalue weighted by Crippen LogP contribution is 2.39. The van der Waals surface area contributed by atoms with Gasteiger partial charge in [-0.1, -0.05) is 6.07 Å². The van der Waals surface area contributed by atoms with E-state index in [0.717, 1.165) is 18.2 Å². The fraction of sp³-hybridized carbons (Fsp3) is 0. The molecule has 4 N–H and O–H groups in total. The molecule has 0 unspecified atom stereocenters. The number of hydrogen-bond donors (Lipinski definition) is 4. The van der Waals surface area contributed by atoms with E-state index in [1.807, 2.05) is 0 Å². The topological polar surface area (TPSA) is 111 Å². The second-order valence-electron chi connectivity index (χ2n) is 4.49. The van der Waals surface area contributed by atoms with Gasteiger partial charge in [0.25, 0.3) is 0 Å². The third-order valence-electron chi connectivity index (χ3n) is 3.09. The predicted octanol–water partition coefficient (Wildman–Crippen LogP) is 2.28. The van der Waals surface area contributed by atoms with Gasteiger partial charge < -0.3 is 24.8 Å². The van der Waals surface area contributed by atoms with Crippen LogP contribution in [0.2, 0.25) is 0 Å². The quantitative estimate of drug-likeness (QED) is 0.511. The summed E-state index contributed by atoms with van der Waals surface area (Å²) in [6.45, 7) is 0. The van der Waals surface area contributed by atoms with Gasteiger partial charge in [-0.3, -0.25) is 4.79 Å². The average Bonchev–Trinajstić information content (AvgIpc) is 2.44. The number of phenolic OH excluding ortho intramolecular Hbond substituents is 4. The molecule has 0 amide bonds. The Morgan fingerprint density at radius 2 is 1.52 bits per heavy atom. The molecule has 6 nitrogen and oxygen atoms in total. The Labute approximate surface area is 117 Å². The van der Waals surface area contributed by atoms with Gasteiger partial charge in [-0.25, -0.2) is 0 Å². The van der Waals surface area contributed by atoms with Crippen LogP contribution in [0.1, 0.15) is 0 Å². The van der Waals surface area contributed by atoms with E-state index in [4.69, 9.17) is 4.42 Å².